The van der Waals surface area contributed by atoms with Crippen LogP contribution in [0.2, 0.25) is 0 Å². The molecule has 1 atom stereocenters. The predicted octanol–water partition coefficient (Wildman–Crippen LogP) is 7.32. The Bertz CT molecular complexity index is 1700. The minimum atomic E-state index is -5.04. The van der Waals surface area contributed by atoms with Gasteiger partial charge in [0.2, 0.25) is 0 Å². The van der Waals surface area contributed by atoms with Crippen LogP contribution in [0.15, 0.2) is 35.2 Å². The van der Waals surface area contributed by atoms with Crippen LogP contribution < -0.4 is 14.8 Å². The fourth-order valence-electron chi connectivity index (χ4n) is 4.85. The lowest BCUT2D eigenvalue weighted by Gasteiger charge is -2.44. The highest BCUT2D eigenvalue weighted by Crippen LogP contribution is 2.57. The zero-order chi connectivity index (χ0) is 32.1. The normalized spacial score (nSPS) is 16.2. The van der Waals surface area contributed by atoms with Crippen molar-refractivity contribution in [3.05, 3.63) is 64.1 Å². The van der Waals surface area contributed by atoms with E-state index in [-0.39, 0.29) is 35.4 Å². The van der Waals surface area contributed by atoms with E-state index < -0.39 is 79.0 Å². The number of carbonyl (C=O) groups excluding carboxylic acids is 1. The molecule has 0 bridgehead atoms. The second kappa shape index (κ2) is 11.0. The van der Waals surface area contributed by atoms with Gasteiger partial charge >= 0.3 is 12.4 Å². The van der Waals surface area contributed by atoms with Crippen molar-refractivity contribution in [1.29, 1.82) is 4.78 Å². The summed E-state index contributed by atoms with van der Waals surface area (Å²) in [4.78, 5) is 13.4. The number of nitrogens with zero attached hydrogens (tertiary/aromatic N) is 2. The average molecular weight is 635 g/mol. The Balaban J connectivity index is 1.84. The second-order valence-electron chi connectivity index (χ2n) is 10.1. The number of nitrogens with one attached hydrogen (secondary N) is 2. The highest BCUT2D eigenvalue weighted by molar-refractivity contribution is 7.91. The largest absolute Gasteiger partial charge is 0.490 e. The van der Waals surface area contributed by atoms with E-state index in [2.05, 4.69) is 15.5 Å². The summed E-state index contributed by atoms with van der Waals surface area (Å²) < 4.78 is 129. The minimum absolute atomic E-state index is 0.0258. The molecule has 1 fully saturated rings. The third-order valence-corrected chi connectivity index (χ3v) is 8.40. The number of alkyl halides is 6. The number of halogens is 7. The van der Waals surface area contributed by atoms with Crippen LogP contribution in [0.5, 0.6) is 17.4 Å². The molecule has 43 heavy (non-hydrogen) atoms. The molecule has 16 heteroatoms. The average Bonchev–Trinajstić information content (AvgIpc) is 2.84. The molecule has 1 amide bonds. The SMILES string of the molecule is COc1c(F)c(C2(C(F)(F)F)CCC2)cc(C)c1Oc1nnc(C(F)(F)F)c(C)c1C(=O)Nc1cccc(S(C)(=N)=O)c1. The smallest absolute Gasteiger partial charge is 0.435 e. The Labute approximate surface area is 241 Å². The van der Waals surface area contributed by atoms with E-state index in [0.29, 0.717) is 0 Å². The van der Waals surface area contributed by atoms with Crippen LogP contribution in [0, 0.1) is 24.4 Å². The number of hydrogen-bond acceptors (Lipinski definition) is 7. The van der Waals surface area contributed by atoms with Crippen LogP contribution in [-0.2, 0) is 21.3 Å². The summed E-state index contributed by atoms with van der Waals surface area (Å²) in [6, 6.07) is 6.19. The number of anilines is 1. The fraction of sp³-hybridized carbons (Fsp3) is 0.370. The molecule has 3 aromatic rings. The van der Waals surface area contributed by atoms with Gasteiger partial charge in [-0.2, -0.15) is 26.3 Å². The summed E-state index contributed by atoms with van der Waals surface area (Å²) in [6.45, 7) is 2.21. The van der Waals surface area contributed by atoms with Gasteiger partial charge in [-0.05, 0) is 62.1 Å². The van der Waals surface area contributed by atoms with Gasteiger partial charge in [-0.1, -0.05) is 12.5 Å². The van der Waals surface area contributed by atoms with Gasteiger partial charge in [-0.15, -0.1) is 10.2 Å². The quantitative estimate of drug-likeness (QED) is 0.263. The molecule has 2 N–H and O–H groups in total. The number of methoxy groups -OCH3 is 1. The monoisotopic (exact) mass is 634 g/mol. The summed E-state index contributed by atoms with van der Waals surface area (Å²) in [7, 11) is -2.24. The van der Waals surface area contributed by atoms with Gasteiger partial charge in [0.1, 0.15) is 5.56 Å². The lowest BCUT2D eigenvalue weighted by atomic mass is 9.63. The number of ether oxygens (including phenoxy) is 2. The molecule has 2 aromatic carbocycles. The summed E-state index contributed by atoms with van der Waals surface area (Å²) in [5, 5.41) is 8.89. The van der Waals surface area contributed by atoms with E-state index in [0.717, 1.165) is 26.4 Å². The molecule has 0 spiro atoms. The van der Waals surface area contributed by atoms with Crippen molar-refractivity contribution < 1.29 is 49.2 Å². The molecule has 8 nitrogen and oxygen atoms in total. The predicted molar refractivity (Wildman–Crippen MR) is 141 cm³/mol. The summed E-state index contributed by atoms with van der Waals surface area (Å²) in [5.74, 6) is -4.67. The van der Waals surface area contributed by atoms with E-state index in [1.54, 1.807) is 0 Å². The van der Waals surface area contributed by atoms with Crippen molar-refractivity contribution in [2.45, 2.75) is 55.8 Å². The van der Waals surface area contributed by atoms with E-state index in [1.165, 1.54) is 31.2 Å². The topological polar surface area (TPSA) is 114 Å². The van der Waals surface area contributed by atoms with Crippen LogP contribution in [0.1, 0.15) is 52.0 Å². The van der Waals surface area contributed by atoms with Gasteiger partial charge in [-0.3, -0.25) is 4.79 Å². The third kappa shape index (κ3) is 5.84. The van der Waals surface area contributed by atoms with Gasteiger partial charge in [-0.25, -0.2) is 13.4 Å². The summed E-state index contributed by atoms with van der Waals surface area (Å²) in [5.41, 5.74) is -6.22. The maximum Gasteiger partial charge on any atom is 0.435 e. The van der Waals surface area contributed by atoms with Gasteiger partial charge in [0.25, 0.3) is 11.8 Å². The molecular weight excluding hydrogens is 609 g/mol. The first kappa shape index (κ1) is 32.0. The summed E-state index contributed by atoms with van der Waals surface area (Å²) >= 11 is 0. The number of carbonyl (C=O) groups is 1. The van der Waals surface area contributed by atoms with Crippen LogP contribution in [0.3, 0.4) is 0 Å². The number of hydrogen-bond donors (Lipinski definition) is 2. The van der Waals surface area contributed by atoms with Crippen LogP contribution >= 0.6 is 0 Å². The standard InChI is InChI=1S/C27H25F7N4O4S/c1-13-11-17(25(9-6-10-25)27(32,33)34)19(28)21(41-3)20(13)42-24-18(14(2)22(37-38-24)26(29,30)31)23(39)36-15-7-5-8-16(12-15)43(4,35)40/h5,7-8,11-12,35H,6,9-10H2,1-4H3,(H,36,39). The first-order chi connectivity index (χ1) is 19.8. The highest BCUT2D eigenvalue weighted by atomic mass is 32.2. The molecule has 0 aliphatic heterocycles. The van der Waals surface area contributed by atoms with E-state index >= 15 is 4.39 Å². The van der Waals surface area contributed by atoms with Crippen molar-refractivity contribution in [3.63, 3.8) is 0 Å². The highest BCUT2D eigenvalue weighted by Gasteiger charge is 2.60. The molecule has 1 aromatic heterocycles. The maximum absolute atomic E-state index is 15.6. The molecule has 1 saturated carbocycles. The Morgan fingerprint density at radius 3 is 2.23 bits per heavy atom. The summed E-state index contributed by atoms with van der Waals surface area (Å²) in [6.07, 6.45) is -9.16. The lowest BCUT2D eigenvalue weighted by Crippen LogP contribution is -2.48. The Hall–Kier alpha value is -3.95. The molecule has 0 saturated heterocycles. The third-order valence-electron chi connectivity index (χ3n) is 7.25. The van der Waals surface area contributed by atoms with E-state index in [4.69, 9.17) is 14.3 Å². The van der Waals surface area contributed by atoms with Gasteiger partial charge in [0.05, 0.1) is 22.3 Å². The molecule has 0 radical (unpaired) electrons. The van der Waals surface area contributed by atoms with E-state index in [9.17, 15) is 35.3 Å². The van der Waals surface area contributed by atoms with Gasteiger partial charge < -0.3 is 14.8 Å². The van der Waals surface area contributed by atoms with Crippen molar-refractivity contribution >= 4 is 21.3 Å². The molecular formula is C27H25F7N4O4S. The van der Waals surface area contributed by atoms with Crippen molar-refractivity contribution in [2.24, 2.45) is 0 Å². The zero-order valence-electron chi connectivity index (χ0n) is 23.1. The fourth-order valence-corrected chi connectivity index (χ4v) is 5.54. The molecule has 1 unspecified atom stereocenters. The van der Waals surface area contributed by atoms with Crippen molar-refractivity contribution in [1.82, 2.24) is 10.2 Å². The van der Waals surface area contributed by atoms with Crippen molar-refractivity contribution in [3.8, 4) is 17.4 Å². The molecule has 4 rings (SSSR count). The molecule has 232 valence electrons. The molecule has 1 aliphatic carbocycles. The Morgan fingerprint density at radius 1 is 1.07 bits per heavy atom. The number of amides is 1. The van der Waals surface area contributed by atoms with Gasteiger partial charge in [0.15, 0.2) is 23.0 Å². The molecule has 1 aliphatic rings. The Kier molecular flexibility index (Phi) is 8.15. The first-order valence-corrected chi connectivity index (χ1v) is 14.5. The number of benzene rings is 2. The first-order valence-electron chi connectivity index (χ1n) is 12.5. The zero-order valence-corrected chi connectivity index (χ0v) is 23.9. The second-order valence-corrected chi connectivity index (χ2v) is 12.3. The maximum atomic E-state index is 15.6. The van der Waals surface area contributed by atoms with Crippen molar-refractivity contribution in [2.75, 3.05) is 18.7 Å². The van der Waals surface area contributed by atoms with Crippen LogP contribution in [0.25, 0.3) is 0 Å². The number of rotatable bonds is 7. The van der Waals surface area contributed by atoms with Crippen LogP contribution in [-0.4, -0.2) is 39.9 Å². The number of aryl methyl sites for hydroxylation is 1. The lowest BCUT2D eigenvalue weighted by molar-refractivity contribution is -0.213. The Morgan fingerprint density at radius 2 is 1.72 bits per heavy atom. The molecule has 1 heterocycles. The van der Waals surface area contributed by atoms with Crippen LogP contribution in [0.4, 0.5) is 36.4 Å². The van der Waals surface area contributed by atoms with Gasteiger partial charge in [0, 0.05) is 22.4 Å². The minimum Gasteiger partial charge on any atom is -0.490 e. The van der Waals surface area contributed by atoms with E-state index in [1.807, 2.05) is 0 Å². The number of aromatic nitrogens is 2.